The molecular weight excluding hydrogens is 378 g/mol. The fourth-order valence-corrected chi connectivity index (χ4v) is 3.66. The van der Waals surface area contributed by atoms with Crippen molar-refractivity contribution in [2.24, 2.45) is 0 Å². The summed E-state index contributed by atoms with van der Waals surface area (Å²) >= 11 is 0. The Morgan fingerprint density at radius 3 is 2.10 bits per heavy atom. The van der Waals surface area contributed by atoms with Crippen LogP contribution in [-0.2, 0) is 6.54 Å². The monoisotopic (exact) mass is 401 g/mol. The summed E-state index contributed by atoms with van der Waals surface area (Å²) in [6.45, 7) is 0.593. The average Bonchev–Trinajstić information content (AvgIpc) is 2.80. The fraction of sp³-hybridized carbons (Fsp3) is 0.160. The number of fused-ring (bicyclic) bond motifs is 1. The smallest absolute Gasteiger partial charge is 0.193 e. The van der Waals surface area contributed by atoms with Crippen LogP contribution in [0.2, 0.25) is 0 Å². The standard InChI is InChI=1S/C25H23NO4/c1-28-19-11-9-18(10-12-19)21-15-23(27)25-22(13-20(29-2)14-24(25)30-3)26(21)16-17-7-5-4-6-8-17/h4-15H,16H2,1-3H3. The molecule has 0 aliphatic rings. The molecule has 0 aliphatic carbocycles. The van der Waals surface area contributed by atoms with Gasteiger partial charge in [-0.25, -0.2) is 0 Å². The summed E-state index contributed by atoms with van der Waals surface area (Å²) in [6, 6.07) is 23.1. The van der Waals surface area contributed by atoms with Crippen LogP contribution in [0.1, 0.15) is 5.56 Å². The van der Waals surface area contributed by atoms with Crippen LogP contribution >= 0.6 is 0 Å². The van der Waals surface area contributed by atoms with E-state index in [1.807, 2.05) is 48.5 Å². The normalized spacial score (nSPS) is 10.8. The highest BCUT2D eigenvalue weighted by molar-refractivity contribution is 5.89. The molecule has 0 amide bonds. The highest BCUT2D eigenvalue weighted by Crippen LogP contribution is 2.33. The van der Waals surface area contributed by atoms with Crippen molar-refractivity contribution in [1.29, 1.82) is 0 Å². The molecule has 0 radical (unpaired) electrons. The van der Waals surface area contributed by atoms with Crippen molar-refractivity contribution in [3.8, 4) is 28.5 Å². The van der Waals surface area contributed by atoms with Gasteiger partial charge in [0, 0.05) is 24.7 Å². The second-order valence-corrected chi connectivity index (χ2v) is 6.92. The van der Waals surface area contributed by atoms with Gasteiger partial charge < -0.3 is 18.8 Å². The summed E-state index contributed by atoms with van der Waals surface area (Å²) in [5.74, 6) is 1.89. The SMILES string of the molecule is COc1ccc(-c2cc(=O)c3c(OC)cc(OC)cc3n2Cc2ccccc2)cc1. The lowest BCUT2D eigenvalue weighted by molar-refractivity contribution is 0.397. The molecule has 0 aliphatic heterocycles. The van der Waals surface area contributed by atoms with Crippen LogP contribution in [-0.4, -0.2) is 25.9 Å². The van der Waals surface area contributed by atoms with E-state index >= 15 is 0 Å². The summed E-state index contributed by atoms with van der Waals surface area (Å²) in [7, 11) is 4.80. The highest BCUT2D eigenvalue weighted by Gasteiger charge is 2.16. The summed E-state index contributed by atoms with van der Waals surface area (Å²) in [4.78, 5) is 13.1. The Balaban J connectivity index is 2.04. The molecule has 0 bridgehead atoms. The molecule has 0 saturated heterocycles. The van der Waals surface area contributed by atoms with Crippen molar-refractivity contribution in [3.05, 3.63) is 88.6 Å². The maximum atomic E-state index is 13.1. The predicted molar refractivity (Wildman–Crippen MR) is 119 cm³/mol. The lowest BCUT2D eigenvalue weighted by Crippen LogP contribution is -2.14. The first-order valence-electron chi connectivity index (χ1n) is 9.62. The highest BCUT2D eigenvalue weighted by atomic mass is 16.5. The molecule has 0 atom stereocenters. The third-order valence-corrected chi connectivity index (χ3v) is 5.18. The van der Waals surface area contributed by atoms with Gasteiger partial charge in [-0.2, -0.15) is 0 Å². The van der Waals surface area contributed by atoms with Gasteiger partial charge in [-0.1, -0.05) is 30.3 Å². The van der Waals surface area contributed by atoms with Crippen LogP contribution in [0.25, 0.3) is 22.2 Å². The lowest BCUT2D eigenvalue weighted by atomic mass is 10.1. The number of aromatic nitrogens is 1. The van der Waals surface area contributed by atoms with Gasteiger partial charge in [0.05, 0.1) is 37.9 Å². The molecule has 4 rings (SSSR count). The number of methoxy groups -OCH3 is 3. The maximum absolute atomic E-state index is 13.1. The van der Waals surface area contributed by atoms with E-state index in [0.29, 0.717) is 23.4 Å². The van der Waals surface area contributed by atoms with E-state index in [9.17, 15) is 4.79 Å². The molecule has 1 aromatic heterocycles. The predicted octanol–water partition coefficient (Wildman–Crippen LogP) is 4.74. The molecular formula is C25H23NO4. The van der Waals surface area contributed by atoms with E-state index in [-0.39, 0.29) is 5.43 Å². The molecule has 0 fully saturated rings. The fourth-order valence-electron chi connectivity index (χ4n) is 3.66. The number of benzene rings is 3. The minimum absolute atomic E-state index is 0.0976. The summed E-state index contributed by atoms with van der Waals surface area (Å²) in [5, 5.41) is 0.534. The second kappa shape index (κ2) is 8.33. The molecule has 5 heteroatoms. The molecule has 152 valence electrons. The Labute approximate surface area is 175 Å². The number of rotatable bonds is 6. The van der Waals surface area contributed by atoms with Crippen molar-refractivity contribution in [3.63, 3.8) is 0 Å². The molecule has 30 heavy (non-hydrogen) atoms. The van der Waals surface area contributed by atoms with Crippen LogP contribution in [0.4, 0.5) is 0 Å². The van der Waals surface area contributed by atoms with E-state index in [2.05, 4.69) is 16.7 Å². The molecule has 4 aromatic rings. The quantitative estimate of drug-likeness (QED) is 0.468. The molecule has 0 saturated carbocycles. The van der Waals surface area contributed by atoms with Gasteiger partial charge in [-0.15, -0.1) is 0 Å². The first kappa shape index (κ1) is 19.6. The first-order chi connectivity index (χ1) is 14.6. The van der Waals surface area contributed by atoms with E-state index < -0.39 is 0 Å². The Morgan fingerprint density at radius 1 is 0.767 bits per heavy atom. The minimum Gasteiger partial charge on any atom is -0.497 e. The van der Waals surface area contributed by atoms with Gasteiger partial charge in [-0.05, 0) is 35.4 Å². The molecule has 3 aromatic carbocycles. The largest absolute Gasteiger partial charge is 0.497 e. The lowest BCUT2D eigenvalue weighted by Gasteiger charge is -2.19. The van der Waals surface area contributed by atoms with Crippen LogP contribution in [0, 0.1) is 0 Å². The number of ether oxygens (including phenoxy) is 3. The first-order valence-corrected chi connectivity index (χ1v) is 9.62. The zero-order valence-corrected chi connectivity index (χ0v) is 17.2. The Kier molecular flexibility index (Phi) is 5.44. The van der Waals surface area contributed by atoms with Crippen molar-refractivity contribution in [2.75, 3.05) is 21.3 Å². The summed E-state index contributed by atoms with van der Waals surface area (Å²) in [5.41, 5.74) is 3.52. The summed E-state index contributed by atoms with van der Waals surface area (Å²) in [6.07, 6.45) is 0. The van der Waals surface area contributed by atoms with Crippen molar-refractivity contribution >= 4 is 10.9 Å². The zero-order chi connectivity index (χ0) is 21.1. The second-order valence-electron chi connectivity index (χ2n) is 6.92. The zero-order valence-electron chi connectivity index (χ0n) is 17.2. The molecule has 1 heterocycles. The molecule has 0 spiro atoms. The third kappa shape index (κ3) is 3.62. The molecule has 0 N–H and O–H groups in total. The van der Waals surface area contributed by atoms with Crippen LogP contribution in [0.3, 0.4) is 0 Å². The average molecular weight is 401 g/mol. The van der Waals surface area contributed by atoms with Gasteiger partial charge in [0.2, 0.25) is 0 Å². The van der Waals surface area contributed by atoms with Crippen LogP contribution in [0.15, 0.2) is 77.6 Å². The maximum Gasteiger partial charge on any atom is 0.193 e. The van der Waals surface area contributed by atoms with Crippen molar-refractivity contribution in [1.82, 2.24) is 4.57 Å². The number of hydrogen-bond donors (Lipinski definition) is 0. The van der Waals surface area contributed by atoms with Crippen molar-refractivity contribution in [2.45, 2.75) is 6.54 Å². The van der Waals surface area contributed by atoms with E-state index in [4.69, 9.17) is 14.2 Å². The molecule has 5 nitrogen and oxygen atoms in total. The van der Waals surface area contributed by atoms with Crippen LogP contribution < -0.4 is 19.6 Å². The number of hydrogen-bond acceptors (Lipinski definition) is 4. The Morgan fingerprint density at radius 2 is 1.47 bits per heavy atom. The van der Waals surface area contributed by atoms with Crippen LogP contribution in [0.5, 0.6) is 17.2 Å². The Bertz CT molecular complexity index is 1230. The summed E-state index contributed by atoms with van der Waals surface area (Å²) < 4.78 is 18.4. The van der Waals surface area contributed by atoms with E-state index in [1.54, 1.807) is 33.5 Å². The third-order valence-electron chi connectivity index (χ3n) is 5.18. The van der Waals surface area contributed by atoms with Gasteiger partial charge in [0.1, 0.15) is 17.2 Å². The van der Waals surface area contributed by atoms with Crippen molar-refractivity contribution < 1.29 is 14.2 Å². The number of nitrogens with zero attached hydrogens (tertiary/aromatic N) is 1. The van der Waals surface area contributed by atoms with Gasteiger partial charge in [-0.3, -0.25) is 4.79 Å². The molecule has 0 unspecified atom stereocenters. The number of pyridine rings is 1. The van der Waals surface area contributed by atoms with E-state index in [1.165, 1.54) is 0 Å². The van der Waals surface area contributed by atoms with Gasteiger partial charge in [0.15, 0.2) is 5.43 Å². The minimum atomic E-state index is -0.0976. The van der Waals surface area contributed by atoms with Gasteiger partial charge >= 0.3 is 0 Å². The topological polar surface area (TPSA) is 49.7 Å². The van der Waals surface area contributed by atoms with Gasteiger partial charge in [0.25, 0.3) is 0 Å². The Hall–Kier alpha value is -3.73. The van der Waals surface area contributed by atoms with E-state index in [0.717, 1.165) is 28.1 Å².